The number of amides is 1. The molecule has 3 rings (SSSR count). The van der Waals surface area contributed by atoms with Crippen LogP contribution in [0.4, 0.5) is 0 Å². The molecule has 1 aromatic heterocycles. The van der Waals surface area contributed by atoms with E-state index in [2.05, 4.69) is 15.3 Å². The van der Waals surface area contributed by atoms with E-state index in [9.17, 15) is 9.59 Å². The second-order valence-corrected chi connectivity index (χ2v) is 4.99. The van der Waals surface area contributed by atoms with E-state index >= 15 is 0 Å². The lowest BCUT2D eigenvalue weighted by atomic mass is 10.1. The smallest absolute Gasteiger partial charge is 0.323 e. The highest BCUT2D eigenvalue weighted by Gasteiger charge is 2.12. The van der Waals surface area contributed by atoms with Crippen molar-refractivity contribution in [2.45, 2.75) is 6.54 Å². The van der Waals surface area contributed by atoms with Crippen molar-refractivity contribution in [2.24, 2.45) is 0 Å². The van der Waals surface area contributed by atoms with Crippen LogP contribution in [-0.4, -0.2) is 15.9 Å². The Labute approximate surface area is 125 Å². The first kappa shape index (κ1) is 13.5. The van der Waals surface area contributed by atoms with E-state index in [1.165, 1.54) is 0 Å². The maximum Gasteiger partial charge on any atom is 0.323 e. The number of carbonyl (C=O) groups excluding carboxylic acids is 1. The van der Waals surface area contributed by atoms with Crippen LogP contribution in [0.3, 0.4) is 0 Å². The van der Waals surface area contributed by atoms with Gasteiger partial charge in [-0.2, -0.15) is 0 Å². The monoisotopic (exact) mass is 301 g/mol. The van der Waals surface area contributed by atoms with Gasteiger partial charge in [0.15, 0.2) is 0 Å². The number of hydrogen-bond acceptors (Lipinski definition) is 2. The Morgan fingerprint density at radius 1 is 1.10 bits per heavy atom. The SMILES string of the molecule is O=C(NCc1ccccc1Cl)c1cccc2[nH]c(=O)[nH]c12. The summed E-state index contributed by atoms with van der Waals surface area (Å²) in [6, 6.07) is 12.4. The predicted molar refractivity (Wildman–Crippen MR) is 81.5 cm³/mol. The van der Waals surface area contributed by atoms with E-state index in [4.69, 9.17) is 11.6 Å². The average Bonchev–Trinajstić information content (AvgIpc) is 2.86. The Balaban J connectivity index is 1.85. The molecule has 0 radical (unpaired) electrons. The molecular formula is C15H12ClN3O2. The quantitative estimate of drug-likeness (QED) is 0.695. The van der Waals surface area contributed by atoms with E-state index in [0.29, 0.717) is 28.2 Å². The highest BCUT2D eigenvalue weighted by molar-refractivity contribution is 6.31. The maximum absolute atomic E-state index is 12.3. The lowest BCUT2D eigenvalue weighted by Crippen LogP contribution is -2.23. The van der Waals surface area contributed by atoms with Gasteiger partial charge >= 0.3 is 5.69 Å². The molecule has 6 heteroatoms. The van der Waals surface area contributed by atoms with E-state index in [0.717, 1.165) is 5.56 Å². The van der Waals surface area contributed by atoms with E-state index in [1.54, 1.807) is 24.3 Å². The van der Waals surface area contributed by atoms with Gasteiger partial charge in [-0.25, -0.2) is 4.79 Å². The number of nitrogens with one attached hydrogen (secondary N) is 3. The van der Waals surface area contributed by atoms with Gasteiger partial charge in [0.2, 0.25) is 0 Å². The van der Waals surface area contributed by atoms with Crippen LogP contribution in [-0.2, 0) is 6.54 Å². The summed E-state index contributed by atoms with van der Waals surface area (Å²) in [5.41, 5.74) is 2.01. The van der Waals surface area contributed by atoms with Crippen molar-refractivity contribution >= 4 is 28.5 Å². The zero-order chi connectivity index (χ0) is 14.8. The maximum atomic E-state index is 12.3. The number of H-pyrrole nitrogens is 2. The van der Waals surface area contributed by atoms with Crippen molar-refractivity contribution in [2.75, 3.05) is 0 Å². The van der Waals surface area contributed by atoms with Crippen molar-refractivity contribution in [3.63, 3.8) is 0 Å². The molecule has 3 aromatic rings. The normalized spacial score (nSPS) is 10.7. The summed E-state index contributed by atoms with van der Waals surface area (Å²) >= 11 is 6.05. The minimum absolute atomic E-state index is 0.268. The van der Waals surface area contributed by atoms with Crippen LogP contribution in [0.15, 0.2) is 47.3 Å². The highest BCUT2D eigenvalue weighted by Crippen LogP contribution is 2.16. The molecule has 21 heavy (non-hydrogen) atoms. The van der Waals surface area contributed by atoms with Gasteiger partial charge in [0.25, 0.3) is 5.91 Å². The fourth-order valence-electron chi connectivity index (χ4n) is 2.16. The zero-order valence-corrected chi connectivity index (χ0v) is 11.7. The lowest BCUT2D eigenvalue weighted by molar-refractivity contribution is 0.0952. The zero-order valence-electron chi connectivity index (χ0n) is 10.9. The Kier molecular flexibility index (Phi) is 3.50. The summed E-state index contributed by atoms with van der Waals surface area (Å²) in [6.07, 6.45) is 0. The summed E-state index contributed by atoms with van der Waals surface area (Å²) in [4.78, 5) is 28.8. The van der Waals surface area contributed by atoms with Gasteiger partial charge < -0.3 is 15.3 Å². The van der Waals surface area contributed by atoms with Crippen molar-refractivity contribution in [3.05, 3.63) is 69.1 Å². The van der Waals surface area contributed by atoms with E-state index in [1.807, 2.05) is 18.2 Å². The molecule has 0 aliphatic rings. The van der Waals surface area contributed by atoms with Gasteiger partial charge in [-0.05, 0) is 23.8 Å². The number of aromatic amines is 2. The molecule has 0 saturated carbocycles. The van der Waals surface area contributed by atoms with Crippen LogP contribution in [0.2, 0.25) is 5.02 Å². The molecule has 5 nitrogen and oxygen atoms in total. The first-order valence-corrected chi connectivity index (χ1v) is 6.75. The molecule has 0 aliphatic carbocycles. The van der Waals surface area contributed by atoms with Crippen molar-refractivity contribution in [1.82, 2.24) is 15.3 Å². The fraction of sp³-hybridized carbons (Fsp3) is 0.0667. The molecule has 2 aromatic carbocycles. The Hall–Kier alpha value is -2.53. The summed E-state index contributed by atoms with van der Waals surface area (Å²) < 4.78 is 0. The molecule has 1 heterocycles. The highest BCUT2D eigenvalue weighted by atomic mass is 35.5. The molecule has 0 fully saturated rings. The third-order valence-electron chi connectivity index (χ3n) is 3.19. The van der Waals surface area contributed by atoms with Crippen LogP contribution < -0.4 is 11.0 Å². The van der Waals surface area contributed by atoms with Crippen molar-refractivity contribution in [3.8, 4) is 0 Å². The number of fused-ring (bicyclic) bond motifs is 1. The number of benzene rings is 2. The number of aromatic nitrogens is 2. The minimum atomic E-state index is -0.337. The molecule has 0 atom stereocenters. The van der Waals surface area contributed by atoms with Crippen molar-refractivity contribution < 1.29 is 4.79 Å². The minimum Gasteiger partial charge on any atom is -0.348 e. The molecule has 0 spiro atoms. The summed E-state index contributed by atoms with van der Waals surface area (Å²) in [5, 5.41) is 3.40. The number of carbonyl (C=O) groups is 1. The number of hydrogen-bond donors (Lipinski definition) is 3. The Morgan fingerprint density at radius 2 is 1.90 bits per heavy atom. The summed E-state index contributed by atoms with van der Waals surface area (Å²) in [6.45, 7) is 0.323. The average molecular weight is 302 g/mol. The van der Waals surface area contributed by atoms with Gasteiger partial charge in [0.1, 0.15) is 0 Å². The van der Waals surface area contributed by atoms with Crippen LogP contribution in [0.1, 0.15) is 15.9 Å². The Bertz CT molecular complexity index is 866. The third kappa shape index (κ3) is 2.68. The molecular weight excluding hydrogens is 290 g/mol. The van der Waals surface area contributed by atoms with Gasteiger partial charge in [-0.15, -0.1) is 0 Å². The lowest BCUT2D eigenvalue weighted by Gasteiger charge is -2.07. The van der Waals surface area contributed by atoms with Gasteiger partial charge in [0.05, 0.1) is 16.6 Å². The van der Waals surface area contributed by atoms with Crippen molar-refractivity contribution in [1.29, 1.82) is 0 Å². The number of para-hydroxylation sites is 1. The second kappa shape index (κ2) is 5.46. The molecule has 3 N–H and O–H groups in total. The Morgan fingerprint density at radius 3 is 2.71 bits per heavy atom. The number of imidazole rings is 1. The summed E-state index contributed by atoms with van der Waals surface area (Å²) in [5.74, 6) is -0.268. The van der Waals surface area contributed by atoms with Crippen LogP contribution in [0.25, 0.3) is 11.0 Å². The molecule has 0 unspecified atom stereocenters. The molecule has 0 bridgehead atoms. The van der Waals surface area contributed by atoms with Crippen LogP contribution in [0, 0.1) is 0 Å². The first-order chi connectivity index (χ1) is 10.1. The topological polar surface area (TPSA) is 77.8 Å². The van der Waals surface area contributed by atoms with Gasteiger partial charge in [-0.1, -0.05) is 35.9 Å². The molecule has 1 amide bonds. The van der Waals surface area contributed by atoms with Crippen LogP contribution >= 0.6 is 11.6 Å². The molecule has 106 valence electrons. The largest absolute Gasteiger partial charge is 0.348 e. The fourth-order valence-corrected chi connectivity index (χ4v) is 2.36. The molecule has 0 aliphatic heterocycles. The number of halogens is 1. The van der Waals surface area contributed by atoms with Gasteiger partial charge in [0, 0.05) is 11.6 Å². The predicted octanol–water partition coefficient (Wildman–Crippen LogP) is 2.44. The second-order valence-electron chi connectivity index (χ2n) is 4.58. The number of rotatable bonds is 3. The van der Waals surface area contributed by atoms with E-state index < -0.39 is 0 Å². The first-order valence-electron chi connectivity index (χ1n) is 6.38. The van der Waals surface area contributed by atoms with E-state index in [-0.39, 0.29) is 11.6 Å². The summed E-state index contributed by atoms with van der Waals surface area (Å²) in [7, 11) is 0. The molecule has 0 saturated heterocycles. The third-order valence-corrected chi connectivity index (χ3v) is 3.56. The van der Waals surface area contributed by atoms with Crippen LogP contribution in [0.5, 0.6) is 0 Å². The van der Waals surface area contributed by atoms with Gasteiger partial charge in [-0.3, -0.25) is 4.79 Å². The standard InChI is InChI=1S/C15H12ClN3O2/c16-11-6-2-1-4-9(11)8-17-14(20)10-5-3-7-12-13(10)19-15(21)18-12/h1-7H,8H2,(H,17,20)(H2,18,19,21).